The molecule has 1 aromatic heterocycles. The Bertz CT molecular complexity index is 425. The van der Waals surface area contributed by atoms with Gasteiger partial charge in [-0.3, -0.25) is 0 Å². The molecular formula is C11H15F3N4. The molecule has 0 aliphatic carbocycles. The molecule has 0 radical (unpaired) electrons. The van der Waals surface area contributed by atoms with E-state index in [1.165, 1.54) is 0 Å². The fourth-order valence-corrected chi connectivity index (χ4v) is 1.93. The number of nitrogen functional groups attached to an aromatic ring is 1. The van der Waals surface area contributed by atoms with Crippen LogP contribution >= 0.6 is 0 Å². The zero-order valence-corrected chi connectivity index (χ0v) is 10.0. The molecule has 0 bridgehead atoms. The molecule has 1 aliphatic rings. The van der Waals surface area contributed by atoms with E-state index in [4.69, 9.17) is 5.73 Å². The first-order chi connectivity index (χ1) is 8.38. The lowest BCUT2D eigenvalue weighted by atomic mass is 10.2. The van der Waals surface area contributed by atoms with E-state index in [1.807, 2.05) is 11.9 Å². The van der Waals surface area contributed by atoms with Crippen LogP contribution in [0.2, 0.25) is 0 Å². The van der Waals surface area contributed by atoms with Gasteiger partial charge in [0.25, 0.3) is 0 Å². The number of hydrogen-bond donors (Lipinski definition) is 1. The zero-order chi connectivity index (χ0) is 13.3. The Morgan fingerprint density at radius 3 is 2.39 bits per heavy atom. The van der Waals surface area contributed by atoms with Gasteiger partial charge in [-0.1, -0.05) is 0 Å². The average molecular weight is 260 g/mol. The third kappa shape index (κ3) is 2.66. The van der Waals surface area contributed by atoms with E-state index >= 15 is 0 Å². The summed E-state index contributed by atoms with van der Waals surface area (Å²) in [4.78, 5) is 7.32. The molecule has 1 aromatic rings. The number of nitrogens with two attached hydrogens (primary N) is 1. The van der Waals surface area contributed by atoms with Gasteiger partial charge in [0.1, 0.15) is 5.69 Å². The van der Waals surface area contributed by atoms with Crippen molar-refractivity contribution in [2.45, 2.75) is 6.18 Å². The van der Waals surface area contributed by atoms with Gasteiger partial charge in [0.2, 0.25) is 0 Å². The molecule has 0 unspecified atom stereocenters. The number of nitrogens with zero attached hydrogens (tertiary/aromatic N) is 3. The van der Waals surface area contributed by atoms with E-state index in [2.05, 4.69) is 9.88 Å². The maximum absolute atomic E-state index is 12.6. The quantitative estimate of drug-likeness (QED) is 0.829. The Hall–Kier alpha value is -1.50. The summed E-state index contributed by atoms with van der Waals surface area (Å²) in [6.45, 7) is 2.95. The molecule has 2 heterocycles. The van der Waals surface area contributed by atoms with Crippen LogP contribution in [0.3, 0.4) is 0 Å². The number of pyridine rings is 1. The lowest BCUT2D eigenvalue weighted by Gasteiger charge is -2.34. The second-order valence-corrected chi connectivity index (χ2v) is 4.42. The van der Waals surface area contributed by atoms with Gasteiger partial charge in [0, 0.05) is 26.2 Å². The maximum Gasteiger partial charge on any atom is 0.433 e. The van der Waals surface area contributed by atoms with E-state index in [0.717, 1.165) is 25.4 Å². The molecule has 2 rings (SSSR count). The maximum atomic E-state index is 12.6. The van der Waals surface area contributed by atoms with Crippen LogP contribution in [0.1, 0.15) is 5.69 Å². The van der Waals surface area contributed by atoms with Crippen LogP contribution in [-0.2, 0) is 6.18 Å². The summed E-state index contributed by atoms with van der Waals surface area (Å²) in [7, 11) is 1.98. The number of likely N-dealkylation sites (N-methyl/N-ethyl adjacent to an activating group) is 1. The highest BCUT2D eigenvalue weighted by atomic mass is 19.4. The second-order valence-electron chi connectivity index (χ2n) is 4.42. The predicted molar refractivity (Wildman–Crippen MR) is 63.4 cm³/mol. The van der Waals surface area contributed by atoms with Crippen LogP contribution in [0, 0.1) is 0 Å². The smallest absolute Gasteiger partial charge is 0.396 e. The van der Waals surface area contributed by atoms with Gasteiger partial charge in [-0.15, -0.1) is 0 Å². The Morgan fingerprint density at radius 2 is 1.83 bits per heavy atom. The number of halogens is 3. The summed E-state index contributed by atoms with van der Waals surface area (Å²) in [6, 6.07) is 1.03. The number of rotatable bonds is 1. The molecule has 0 amide bonds. The van der Waals surface area contributed by atoms with Gasteiger partial charge in [-0.2, -0.15) is 13.2 Å². The Labute approximate surface area is 103 Å². The summed E-state index contributed by atoms with van der Waals surface area (Å²) in [5, 5.41) is 0. The molecule has 2 N–H and O–H groups in total. The van der Waals surface area contributed by atoms with Crippen LogP contribution in [0.25, 0.3) is 0 Å². The number of anilines is 2. The molecule has 18 heavy (non-hydrogen) atoms. The van der Waals surface area contributed by atoms with Crippen molar-refractivity contribution in [1.29, 1.82) is 0 Å². The van der Waals surface area contributed by atoms with E-state index in [1.54, 1.807) is 0 Å². The molecule has 0 atom stereocenters. The van der Waals surface area contributed by atoms with Crippen molar-refractivity contribution in [2.24, 2.45) is 0 Å². The van der Waals surface area contributed by atoms with E-state index in [-0.39, 0.29) is 5.69 Å². The lowest BCUT2D eigenvalue weighted by Crippen LogP contribution is -2.44. The van der Waals surface area contributed by atoms with Crippen LogP contribution in [0.15, 0.2) is 12.3 Å². The fraction of sp³-hybridized carbons (Fsp3) is 0.545. The van der Waals surface area contributed by atoms with Crippen molar-refractivity contribution >= 4 is 11.4 Å². The first-order valence-corrected chi connectivity index (χ1v) is 5.64. The third-order valence-electron chi connectivity index (χ3n) is 3.05. The number of hydrogen-bond acceptors (Lipinski definition) is 4. The standard InChI is InChI=1S/C11H15F3N4/c1-17-2-4-18(5-3-17)9-6-10(11(12,13)14)16-7-8(9)15/h6-7H,2-5,15H2,1H3. The highest BCUT2D eigenvalue weighted by molar-refractivity contribution is 5.67. The third-order valence-corrected chi connectivity index (χ3v) is 3.05. The minimum absolute atomic E-state index is 0.285. The average Bonchev–Trinajstić information content (AvgIpc) is 2.29. The van der Waals surface area contributed by atoms with Crippen molar-refractivity contribution in [3.63, 3.8) is 0 Å². The highest BCUT2D eigenvalue weighted by Gasteiger charge is 2.33. The molecule has 1 aliphatic heterocycles. The van der Waals surface area contributed by atoms with Crippen molar-refractivity contribution in [1.82, 2.24) is 9.88 Å². The van der Waals surface area contributed by atoms with Crippen LogP contribution in [-0.4, -0.2) is 43.1 Å². The zero-order valence-electron chi connectivity index (χ0n) is 10.0. The molecule has 0 spiro atoms. The number of piperazine rings is 1. The molecule has 4 nitrogen and oxygen atoms in total. The predicted octanol–water partition coefficient (Wildman–Crippen LogP) is 1.43. The Kier molecular flexibility index (Phi) is 3.34. The molecule has 1 saturated heterocycles. The topological polar surface area (TPSA) is 45.4 Å². The Balaban J connectivity index is 2.27. The monoisotopic (exact) mass is 260 g/mol. The van der Waals surface area contributed by atoms with Crippen LogP contribution in [0.4, 0.5) is 24.5 Å². The van der Waals surface area contributed by atoms with Gasteiger partial charge in [0.15, 0.2) is 0 Å². The molecule has 0 aromatic carbocycles. The molecule has 100 valence electrons. The summed E-state index contributed by atoms with van der Waals surface area (Å²) in [6.07, 6.45) is -3.36. The molecule has 0 saturated carbocycles. The SMILES string of the molecule is CN1CCN(c2cc(C(F)(F)F)ncc2N)CC1. The van der Waals surface area contributed by atoms with Crippen molar-refractivity contribution < 1.29 is 13.2 Å². The van der Waals surface area contributed by atoms with Gasteiger partial charge in [-0.05, 0) is 13.1 Å². The Morgan fingerprint density at radius 1 is 1.22 bits per heavy atom. The normalized spacial score (nSPS) is 18.1. The largest absolute Gasteiger partial charge is 0.433 e. The van der Waals surface area contributed by atoms with Gasteiger partial charge < -0.3 is 15.5 Å². The van der Waals surface area contributed by atoms with E-state index < -0.39 is 11.9 Å². The van der Waals surface area contributed by atoms with E-state index in [9.17, 15) is 13.2 Å². The lowest BCUT2D eigenvalue weighted by molar-refractivity contribution is -0.141. The van der Waals surface area contributed by atoms with Crippen molar-refractivity contribution in [2.75, 3.05) is 43.9 Å². The van der Waals surface area contributed by atoms with E-state index in [0.29, 0.717) is 18.8 Å². The summed E-state index contributed by atoms with van der Waals surface area (Å²) < 4.78 is 37.8. The van der Waals surface area contributed by atoms with Crippen molar-refractivity contribution in [3.05, 3.63) is 18.0 Å². The molecule has 7 heteroatoms. The highest BCUT2D eigenvalue weighted by Crippen LogP contribution is 2.32. The van der Waals surface area contributed by atoms with Crippen LogP contribution < -0.4 is 10.6 Å². The first-order valence-electron chi connectivity index (χ1n) is 5.64. The van der Waals surface area contributed by atoms with Crippen molar-refractivity contribution in [3.8, 4) is 0 Å². The second kappa shape index (κ2) is 4.64. The molecule has 1 fully saturated rings. The fourth-order valence-electron chi connectivity index (χ4n) is 1.93. The van der Waals surface area contributed by atoms with Gasteiger partial charge >= 0.3 is 6.18 Å². The summed E-state index contributed by atoms with van der Waals surface area (Å²) in [5.74, 6) is 0. The van der Waals surface area contributed by atoms with Crippen LogP contribution in [0.5, 0.6) is 0 Å². The number of aromatic nitrogens is 1. The summed E-state index contributed by atoms with van der Waals surface area (Å²) >= 11 is 0. The minimum atomic E-state index is -4.44. The van der Waals surface area contributed by atoms with Gasteiger partial charge in [-0.25, -0.2) is 4.98 Å². The summed E-state index contributed by atoms with van der Waals surface area (Å²) in [5.41, 5.74) is 5.52. The first kappa shape index (κ1) is 12.9. The molecular weight excluding hydrogens is 245 g/mol. The minimum Gasteiger partial charge on any atom is -0.396 e. The number of alkyl halides is 3. The van der Waals surface area contributed by atoms with Gasteiger partial charge in [0.05, 0.1) is 17.6 Å².